The van der Waals surface area contributed by atoms with Gasteiger partial charge in [0.25, 0.3) is 0 Å². The average molecular weight is 352 g/mol. The lowest BCUT2D eigenvalue weighted by molar-refractivity contribution is 0.627. The van der Waals surface area contributed by atoms with Crippen molar-refractivity contribution in [1.82, 2.24) is 24.5 Å². The monoisotopic (exact) mass is 352 g/mol. The topological polar surface area (TPSA) is 60.6 Å². The van der Waals surface area contributed by atoms with Gasteiger partial charge in [0.15, 0.2) is 5.82 Å². The fraction of sp³-hybridized carbons (Fsp3) is 0.450. The summed E-state index contributed by atoms with van der Waals surface area (Å²) in [5, 5.41) is 16.7. The molecule has 6 heteroatoms. The van der Waals surface area contributed by atoms with Gasteiger partial charge in [-0.15, -0.1) is 10.2 Å². The van der Waals surface area contributed by atoms with Gasteiger partial charge in [0, 0.05) is 6.54 Å². The van der Waals surface area contributed by atoms with E-state index >= 15 is 0 Å². The minimum atomic E-state index is 0.650. The third-order valence-corrected chi connectivity index (χ3v) is 4.60. The zero-order valence-electron chi connectivity index (χ0n) is 16.2. The molecule has 0 atom stereocenters. The van der Waals surface area contributed by atoms with Crippen molar-refractivity contribution in [2.24, 2.45) is 0 Å². The van der Waals surface area contributed by atoms with Crippen LogP contribution in [-0.2, 0) is 19.5 Å². The highest BCUT2D eigenvalue weighted by Gasteiger charge is 2.14. The van der Waals surface area contributed by atoms with Gasteiger partial charge in [0.05, 0.1) is 29.8 Å². The fourth-order valence-corrected chi connectivity index (χ4v) is 3.25. The first-order valence-corrected chi connectivity index (χ1v) is 9.41. The maximum Gasteiger partial charge on any atom is 0.152 e. The van der Waals surface area contributed by atoms with E-state index in [1.165, 1.54) is 11.3 Å². The van der Waals surface area contributed by atoms with Crippen LogP contribution < -0.4 is 5.32 Å². The minimum Gasteiger partial charge on any atom is -0.375 e. The van der Waals surface area contributed by atoms with E-state index in [0.29, 0.717) is 6.54 Å². The highest BCUT2D eigenvalue weighted by Crippen LogP contribution is 2.23. The Morgan fingerprint density at radius 3 is 2.58 bits per heavy atom. The zero-order valence-corrected chi connectivity index (χ0v) is 16.2. The predicted molar refractivity (Wildman–Crippen MR) is 105 cm³/mol. The van der Waals surface area contributed by atoms with Crippen molar-refractivity contribution in [2.75, 3.05) is 5.32 Å². The third kappa shape index (κ3) is 3.64. The Kier molecular flexibility index (Phi) is 5.71. The standard InChI is InChI=1S/C20H28N6/c1-5-9-19-17(13-22-26(19)18-11-8-7-10-15(18)3)21-14-20-24-23-16(4)25(20)12-6-2/h7-8,10-11,13,21H,5-6,9,12,14H2,1-4H3. The van der Waals surface area contributed by atoms with Crippen LogP contribution in [0.25, 0.3) is 5.69 Å². The molecule has 138 valence electrons. The Bertz CT molecular complexity index is 861. The van der Waals surface area contributed by atoms with Gasteiger partial charge < -0.3 is 9.88 Å². The smallest absolute Gasteiger partial charge is 0.152 e. The van der Waals surface area contributed by atoms with E-state index in [9.17, 15) is 0 Å². The second-order valence-corrected chi connectivity index (χ2v) is 6.62. The molecular formula is C20H28N6. The molecule has 1 aromatic carbocycles. The molecular weight excluding hydrogens is 324 g/mol. The molecule has 0 aliphatic carbocycles. The van der Waals surface area contributed by atoms with E-state index in [2.05, 4.69) is 74.9 Å². The molecule has 3 aromatic rings. The van der Waals surface area contributed by atoms with Crippen molar-refractivity contribution in [3.05, 3.63) is 53.4 Å². The van der Waals surface area contributed by atoms with E-state index in [4.69, 9.17) is 0 Å². The number of nitrogens with zero attached hydrogens (tertiary/aromatic N) is 5. The zero-order chi connectivity index (χ0) is 18.5. The summed E-state index contributed by atoms with van der Waals surface area (Å²) in [6.07, 6.45) is 5.03. The highest BCUT2D eigenvalue weighted by molar-refractivity contribution is 5.52. The second-order valence-electron chi connectivity index (χ2n) is 6.62. The second kappa shape index (κ2) is 8.17. The lowest BCUT2D eigenvalue weighted by Gasteiger charge is -2.12. The predicted octanol–water partition coefficient (Wildman–Crippen LogP) is 4.06. The molecule has 2 heterocycles. The van der Waals surface area contributed by atoms with Crippen LogP contribution in [0.1, 0.15) is 49.6 Å². The first-order valence-electron chi connectivity index (χ1n) is 9.41. The van der Waals surface area contributed by atoms with Crippen molar-refractivity contribution in [3.8, 4) is 5.69 Å². The summed E-state index contributed by atoms with van der Waals surface area (Å²) in [5.41, 5.74) is 4.63. The molecule has 0 unspecified atom stereocenters. The molecule has 2 aromatic heterocycles. The molecule has 0 saturated carbocycles. The van der Waals surface area contributed by atoms with Crippen molar-refractivity contribution >= 4 is 5.69 Å². The van der Waals surface area contributed by atoms with Crippen molar-refractivity contribution < 1.29 is 0 Å². The van der Waals surface area contributed by atoms with Crippen LogP contribution in [-0.4, -0.2) is 24.5 Å². The third-order valence-electron chi connectivity index (χ3n) is 4.60. The Hall–Kier alpha value is -2.63. The lowest BCUT2D eigenvalue weighted by Crippen LogP contribution is -2.11. The molecule has 0 aliphatic rings. The number of anilines is 1. The Labute approximate surface area is 155 Å². The summed E-state index contributed by atoms with van der Waals surface area (Å²) in [6.45, 7) is 10.1. The first kappa shape index (κ1) is 18.2. The van der Waals surface area contributed by atoms with Gasteiger partial charge in [-0.1, -0.05) is 38.5 Å². The van der Waals surface area contributed by atoms with Crippen LogP contribution in [0.4, 0.5) is 5.69 Å². The van der Waals surface area contributed by atoms with Gasteiger partial charge in [-0.05, 0) is 38.3 Å². The van der Waals surface area contributed by atoms with Crippen molar-refractivity contribution in [2.45, 2.75) is 60.0 Å². The number of nitrogens with one attached hydrogen (secondary N) is 1. The van der Waals surface area contributed by atoms with Gasteiger partial charge in [-0.3, -0.25) is 0 Å². The number of aromatic nitrogens is 5. The van der Waals surface area contributed by atoms with Crippen LogP contribution in [0.15, 0.2) is 30.5 Å². The summed E-state index contributed by atoms with van der Waals surface area (Å²) < 4.78 is 4.24. The van der Waals surface area contributed by atoms with Crippen LogP contribution in [0.5, 0.6) is 0 Å². The number of aryl methyl sites for hydroxylation is 2. The lowest BCUT2D eigenvalue weighted by atomic mass is 10.1. The van der Waals surface area contributed by atoms with Gasteiger partial charge in [0.1, 0.15) is 5.82 Å². The molecule has 0 aliphatic heterocycles. The van der Waals surface area contributed by atoms with Gasteiger partial charge in [-0.25, -0.2) is 4.68 Å². The fourth-order valence-electron chi connectivity index (χ4n) is 3.25. The number of hydrogen-bond acceptors (Lipinski definition) is 4. The summed E-state index contributed by atoms with van der Waals surface area (Å²) in [6, 6.07) is 8.36. The quantitative estimate of drug-likeness (QED) is 0.664. The van der Waals surface area contributed by atoms with E-state index < -0.39 is 0 Å². The van der Waals surface area contributed by atoms with Crippen LogP contribution in [0.3, 0.4) is 0 Å². The molecule has 3 rings (SSSR count). The largest absolute Gasteiger partial charge is 0.375 e. The Balaban J connectivity index is 1.86. The number of para-hydroxylation sites is 1. The SMILES string of the molecule is CCCc1c(NCc2nnc(C)n2CCC)cnn1-c1ccccc1C. The maximum absolute atomic E-state index is 4.65. The van der Waals surface area contributed by atoms with Gasteiger partial charge in [0.2, 0.25) is 0 Å². The summed E-state index contributed by atoms with van der Waals surface area (Å²) >= 11 is 0. The molecule has 26 heavy (non-hydrogen) atoms. The van der Waals surface area contributed by atoms with Gasteiger partial charge in [-0.2, -0.15) is 5.10 Å². The molecule has 6 nitrogen and oxygen atoms in total. The van der Waals surface area contributed by atoms with E-state index in [1.807, 2.05) is 13.1 Å². The Morgan fingerprint density at radius 2 is 1.85 bits per heavy atom. The average Bonchev–Trinajstić information content (AvgIpc) is 3.19. The van der Waals surface area contributed by atoms with Crippen LogP contribution >= 0.6 is 0 Å². The van der Waals surface area contributed by atoms with Crippen LogP contribution in [0.2, 0.25) is 0 Å². The molecule has 0 saturated heterocycles. The summed E-state index contributed by atoms with van der Waals surface area (Å²) in [4.78, 5) is 0. The molecule has 1 N–H and O–H groups in total. The van der Waals surface area contributed by atoms with Crippen molar-refractivity contribution in [3.63, 3.8) is 0 Å². The number of rotatable bonds is 8. The summed E-state index contributed by atoms with van der Waals surface area (Å²) in [7, 11) is 0. The van der Waals surface area contributed by atoms with E-state index in [1.54, 1.807) is 0 Å². The van der Waals surface area contributed by atoms with Gasteiger partial charge >= 0.3 is 0 Å². The van der Waals surface area contributed by atoms with E-state index in [0.717, 1.165) is 48.8 Å². The molecule has 0 amide bonds. The Morgan fingerprint density at radius 1 is 1.04 bits per heavy atom. The van der Waals surface area contributed by atoms with Crippen LogP contribution in [0, 0.1) is 13.8 Å². The minimum absolute atomic E-state index is 0.650. The normalized spacial score (nSPS) is 11.1. The highest BCUT2D eigenvalue weighted by atomic mass is 15.3. The first-order chi connectivity index (χ1) is 12.7. The maximum atomic E-state index is 4.65. The van der Waals surface area contributed by atoms with Crippen molar-refractivity contribution in [1.29, 1.82) is 0 Å². The molecule has 0 fully saturated rings. The van der Waals surface area contributed by atoms with E-state index in [-0.39, 0.29) is 0 Å². The number of hydrogen-bond donors (Lipinski definition) is 1. The summed E-state index contributed by atoms with van der Waals surface area (Å²) in [5.74, 6) is 1.93. The molecule has 0 bridgehead atoms. The molecule has 0 radical (unpaired) electrons. The molecule has 0 spiro atoms. The number of benzene rings is 1.